The van der Waals surface area contributed by atoms with E-state index in [1.807, 2.05) is 35.2 Å². The van der Waals surface area contributed by atoms with Crippen molar-refractivity contribution in [3.63, 3.8) is 0 Å². The molecule has 0 unspecified atom stereocenters. The highest BCUT2D eigenvalue weighted by molar-refractivity contribution is 7.15. The van der Waals surface area contributed by atoms with Gasteiger partial charge in [0.2, 0.25) is 11.0 Å². The SMILES string of the molecule is CCCc1nnc(NC(=O)CN2CC=C(n3c(=O)[nH]c4ccccc43)CC2)s1. The van der Waals surface area contributed by atoms with E-state index in [1.165, 1.54) is 11.3 Å². The highest BCUT2D eigenvalue weighted by Crippen LogP contribution is 2.20. The number of aryl methyl sites for hydroxylation is 1. The van der Waals surface area contributed by atoms with E-state index in [4.69, 9.17) is 0 Å². The minimum Gasteiger partial charge on any atom is -0.305 e. The van der Waals surface area contributed by atoms with E-state index in [1.54, 1.807) is 4.57 Å². The second-order valence-electron chi connectivity index (χ2n) is 6.76. The van der Waals surface area contributed by atoms with Crippen LogP contribution >= 0.6 is 11.3 Å². The average Bonchev–Trinajstić information content (AvgIpc) is 3.25. The first-order valence-electron chi connectivity index (χ1n) is 9.38. The van der Waals surface area contributed by atoms with Crippen LogP contribution in [0, 0.1) is 0 Å². The number of amides is 1. The number of rotatable bonds is 6. The molecule has 1 aromatic carbocycles. The molecule has 3 heterocycles. The Morgan fingerprint density at radius 3 is 2.96 bits per heavy atom. The molecule has 2 N–H and O–H groups in total. The van der Waals surface area contributed by atoms with Gasteiger partial charge in [-0.25, -0.2) is 4.79 Å². The number of nitrogens with one attached hydrogen (secondary N) is 2. The molecular weight excluding hydrogens is 376 g/mol. The fourth-order valence-electron chi connectivity index (χ4n) is 3.37. The van der Waals surface area contributed by atoms with Crippen LogP contribution in [0.15, 0.2) is 35.1 Å². The summed E-state index contributed by atoms with van der Waals surface area (Å²) in [5.74, 6) is -0.0969. The maximum atomic E-state index is 12.3. The first-order valence-corrected chi connectivity index (χ1v) is 10.2. The maximum absolute atomic E-state index is 12.3. The first-order chi connectivity index (χ1) is 13.6. The van der Waals surface area contributed by atoms with Gasteiger partial charge in [0.1, 0.15) is 5.01 Å². The van der Waals surface area contributed by atoms with Gasteiger partial charge in [-0.05, 0) is 18.6 Å². The summed E-state index contributed by atoms with van der Waals surface area (Å²) in [5, 5.41) is 12.4. The number of hydrogen-bond donors (Lipinski definition) is 2. The van der Waals surface area contributed by atoms with Crippen LogP contribution in [0.5, 0.6) is 0 Å². The molecule has 2 aromatic heterocycles. The van der Waals surface area contributed by atoms with E-state index in [-0.39, 0.29) is 18.1 Å². The molecule has 0 aliphatic carbocycles. The van der Waals surface area contributed by atoms with E-state index in [9.17, 15) is 9.59 Å². The van der Waals surface area contributed by atoms with Crippen LogP contribution in [-0.4, -0.2) is 50.2 Å². The molecule has 9 heteroatoms. The molecule has 0 fully saturated rings. The summed E-state index contributed by atoms with van der Waals surface area (Å²) in [7, 11) is 0. The van der Waals surface area contributed by atoms with Gasteiger partial charge < -0.3 is 4.98 Å². The van der Waals surface area contributed by atoms with Gasteiger partial charge in [0, 0.05) is 31.6 Å². The smallest absolute Gasteiger partial charge is 0.305 e. The maximum Gasteiger partial charge on any atom is 0.330 e. The Morgan fingerprint density at radius 2 is 2.18 bits per heavy atom. The summed E-state index contributed by atoms with van der Waals surface area (Å²) in [5.41, 5.74) is 2.55. The van der Waals surface area contributed by atoms with E-state index in [2.05, 4.69) is 27.4 Å². The van der Waals surface area contributed by atoms with E-state index >= 15 is 0 Å². The van der Waals surface area contributed by atoms with Crippen molar-refractivity contribution in [2.75, 3.05) is 25.0 Å². The normalized spacial score (nSPS) is 15.0. The van der Waals surface area contributed by atoms with Gasteiger partial charge >= 0.3 is 5.69 Å². The summed E-state index contributed by atoms with van der Waals surface area (Å²) in [6, 6.07) is 7.66. The Kier molecular flexibility index (Phi) is 5.36. The van der Waals surface area contributed by atoms with Gasteiger partial charge in [0.25, 0.3) is 0 Å². The molecule has 8 nitrogen and oxygen atoms in total. The van der Waals surface area contributed by atoms with Crippen LogP contribution in [0.3, 0.4) is 0 Å². The number of fused-ring (bicyclic) bond motifs is 1. The molecule has 28 heavy (non-hydrogen) atoms. The van der Waals surface area contributed by atoms with Crippen LogP contribution in [0.1, 0.15) is 24.8 Å². The number of imidazole rings is 1. The second kappa shape index (κ2) is 8.07. The summed E-state index contributed by atoms with van der Waals surface area (Å²) in [4.78, 5) is 29.5. The van der Waals surface area contributed by atoms with E-state index < -0.39 is 0 Å². The molecule has 4 rings (SSSR count). The van der Waals surface area contributed by atoms with Crippen molar-refractivity contribution in [3.8, 4) is 0 Å². The quantitative estimate of drug-likeness (QED) is 0.664. The van der Waals surface area contributed by atoms with Crippen LogP contribution < -0.4 is 11.0 Å². The third-order valence-corrected chi connectivity index (χ3v) is 5.59. The Morgan fingerprint density at radius 1 is 1.32 bits per heavy atom. The number of para-hydroxylation sites is 2. The van der Waals surface area contributed by atoms with Crippen molar-refractivity contribution in [1.29, 1.82) is 0 Å². The number of hydrogen-bond acceptors (Lipinski definition) is 6. The van der Waals surface area contributed by atoms with Crippen LogP contribution in [0.4, 0.5) is 5.13 Å². The topological polar surface area (TPSA) is 95.9 Å². The highest BCUT2D eigenvalue weighted by atomic mass is 32.1. The third kappa shape index (κ3) is 3.90. The lowest BCUT2D eigenvalue weighted by atomic mass is 10.2. The van der Waals surface area contributed by atoms with Gasteiger partial charge in [-0.2, -0.15) is 0 Å². The van der Waals surface area contributed by atoms with Crippen molar-refractivity contribution in [2.45, 2.75) is 26.2 Å². The molecule has 1 aliphatic heterocycles. The van der Waals surface area contributed by atoms with Crippen LogP contribution in [0.2, 0.25) is 0 Å². The molecule has 0 saturated carbocycles. The number of aromatic nitrogens is 4. The minimum atomic E-state index is -0.127. The molecule has 146 valence electrons. The monoisotopic (exact) mass is 398 g/mol. The lowest BCUT2D eigenvalue weighted by Gasteiger charge is -2.25. The minimum absolute atomic E-state index is 0.0969. The molecule has 0 saturated heterocycles. The molecule has 1 aliphatic rings. The van der Waals surface area contributed by atoms with Crippen molar-refractivity contribution in [1.82, 2.24) is 24.6 Å². The molecule has 0 bridgehead atoms. The summed E-state index contributed by atoms with van der Waals surface area (Å²) in [6.45, 7) is 3.70. The second-order valence-corrected chi connectivity index (χ2v) is 7.82. The number of carbonyl (C=O) groups excluding carboxylic acids is 1. The van der Waals surface area contributed by atoms with E-state index in [0.717, 1.165) is 34.6 Å². The molecule has 0 radical (unpaired) electrons. The fraction of sp³-hybridized carbons (Fsp3) is 0.368. The number of benzene rings is 1. The Balaban J connectivity index is 1.39. The standard InChI is InChI=1S/C19H22N6O2S/c1-2-5-17-22-23-18(28-17)21-16(26)12-24-10-8-13(9-11-24)25-15-7-4-3-6-14(15)20-19(25)27/h3-4,6-8H,2,5,9-12H2,1H3,(H,20,27)(H,21,23,26). The Labute approximate surface area is 165 Å². The van der Waals surface area contributed by atoms with Crippen LogP contribution in [0.25, 0.3) is 16.7 Å². The number of aromatic amines is 1. The van der Waals surface area contributed by atoms with Crippen molar-refractivity contribution in [2.24, 2.45) is 0 Å². The summed E-state index contributed by atoms with van der Waals surface area (Å²) >= 11 is 1.42. The van der Waals surface area contributed by atoms with Crippen molar-refractivity contribution < 1.29 is 4.79 Å². The zero-order valence-corrected chi connectivity index (χ0v) is 16.5. The van der Waals surface area contributed by atoms with Crippen molar-refractivity contribution >= 4 is 39.1 Å². The molecule has 1 amide bonds. The fourth-order valence-corrected chi connectivity index (χ4v) is 4.23. The number of H-pyrrole nitrogens is 1. The van der Waals surface area contributed by atoms with Gasteiger partial charge in [-0.1, -0.05) is 36.5 Å². The zero-order valence-electron chi connectivity index (χ0n) is 15.6. The average molecular weight is 398 g/mol. The molecule has 0 spiro atoms. The summed E-state index contributed by atoms with van der Waals surface area (Å²) < 4.78 is 1.73. The lowest BCUT2D eigenvalue weighted by molar-refractivity contribution is -0.117. The van der Waals surface area contributed by atoms with E-state index in [0.29, 0.717) is 24.6 Å². The highest BCUT2D eigenvalue weighted by Gasteiger charge is 2.19. The van der Waals surface area contributed by atoms with Crippen molar-refractivity contribution in [3.05, 3.63) is 45.8 Å². The predicted octanol–water partition coefficient (Wildman–Crippen LogP) is 2.32. The Hall–Kier alpha value is -2.78. The first kappa shape index (κ1) is 18.6. The number of carbonyl (C=O) groups is 1. The van der Waals surface area contributed by atoms with Gasteiger partial charge in [0.15, 0.2) is 0 Å². The number of nitrogens with zero attached hydrogens (tertiary/aromatic N) is 4. The lowest BCUT2D eigenvalue weighted by Crippen LogP contribution is -2.37. The van der Waals surface area contributed by atoms with Crippen LogP contribution in [-0.2, 0) is 11.2 Å². The van der Waals surface area contributed by atoms with Gasteiger partial charge in [0.05, 0.1) is 17.6 Å². The zero-order chi connectivity index (χ0) is 19.5. The molecular formula is C19H22N6O2S. The Bertz CT molecular complexity index is 1080. The molecule has 0 atom stereocenters. The predicted molar refractivity (Wildman–Crippen MR) is 110 cm³/mol. The molecule has 3 aromatic rings. The van der Waals surface area contributed by atoms with Gasteiger partial charge in [-0.15, -0.1) is 10.2 Å². The number of anilines is 1. The van der Waals surface area contributed by atoms with Gasteiger partial charge in [-0.3, -0.25) is 19.6 Å². The summed E-state index contributed by atoms with van der Waals surface area (Å²) in [6.07, 6.45) is 4.60. The third-order valence-electron chi connectivity index (χ3n) is 4.69. The largest absolute Gasteiger partial charge is 0.330 e.